The molecule has 0 amide bonds. The summed E-state index contributed by atoms with van der Waals surface area (Å²) in [5.74, 6) is 0.754. The maximum absolute atomic E-state index is 12.1. The SMILES string of the molecule is COc1ccc(C(=O)Cc2ccc(C)cn2)cc1Br. The summed E-state index contributed by atoms with van der Waals surface area (Å²) < 4.78 is 5.92. The lowest BCUT2D eigenvalue weighted by Crippen LogP contribution is -2.05. The lowest BCUT2D eigenvalue weighted by atomic mass is 10.1. The molecule has 0 aliphatic rings. The van der Waals surface area contributed by atoms with Gasteiger partial charge in [-0.3, -0.25) is 9.78 Å². The van der Waals surface area contributed by atoms with Gasteiger partial charge in [0.1, 0.15) is 5.75 Å². The molecule has 0 saturated carbocycles. The molecule has 1 aromatic carbocycles. The Bertz CT molecular complexity index is 594. The van der Waals surface area contributed by atoms with Gasteiger partial charge in [-0.2, -0.15) is 0 Å². The molecule has 0 radical (unpaired) electrons. The van der Waals surface area contributed by atoms with Crippen molar-refractivity contribution in [1.82, 2.24) is 4.98 Å². The molecular formula is C15H14BrNO2. The van der Waals surface area contributed by atoms with E-state index in [1.54, 1.807) is 31.5 Å². The van der Waals surface area contributed by atoms with Gasteiger partial charge in [-0.05, 0) is 52.7 Å². The smallest absolute Gasteiger partial charge is 0.168 e. The quantitative estimate of drug-likeness (QED) is 0.808. The summed E-state index contributed by atoms with van der Waals surface area (Å²) in [7, 11) is 1.60. The fraction of sp³-hybridized carbons (Fsp3) is 0.200. The largest absolute Gasteiger partial charge is 0.496 e. The molecule has 0 unspecified atom stereocenters. The number of aromatic nitrogens is 1. The number of carbonyl (C=O) groups excluding carboxylic acids is 1. The Labute approximate surface area is 120 Å². The molecule has 0 aliphatic carbocycles. The van der Waals surface area contributed by atoms with Gasteiger partial charge in [-0.15, -0.1) is 0 Å². The van der Waals surface area contributed by atoms with Gasteiger partial charge in [0, 0.05) is 17.5 Å². The summed E-state index contributed by atoms with van der Waals surface area (Å²) >= 11 is 3.38. The summed E-state index contributed by atoms with van der Waals surface area (Å²) in [6, 6.07) is 9.15. The third kappa shape index (κ3) is 3.41. The predicted molar refractivity (Wildman–Crippen MR) is 77.7 cm³/mol. The second kappa shape index (κ2) is 5.97. The number of nitrogens with zero attached hydrogens (tertiary/aromatic N) is 1. The topological polar surface area (TPSA) is 39.2 Å². The van der Waals surface area contributed by atoms with Gasteiger partial charge in [0.05, 0.1) is 18.0 Å². The first-order valence-electron chi connectivity index (χ1n) is 5.88. The van der Waals surface area contributed by atoms with Crippen molar-refractivity contribution in [2.75, 3.05) is 7.11 Å². The van der Waals surface area contributed by atoms with Crippen LogP contribution in [0, 0.1) is 6.92 Å². The van der Waals surface area contributed by atoms with E-state index in [1.165, 1.54) is 0 Å². The van der Waals surface area contributed by atoms with E-state index in [-0.39, 0.29) is 5.78 Å². The molecule has 3 nitrogen and oxygen atoms in total. The average Bonchev–Trinajstić information content (AvgIpc) is 2.41. The number of rotatable bonds is 4. The Balaban J connectivity index is 2.16. The molecule has 0 fully saturated rings. The highest BCUT2D eigenvalue weighted by Crippen LogP contribution is 2.26. The van der Waals surface area contributed by atoms with E-state index in [0.717, 1.165) is 15.7 Å². The van der Waals surface area contributed by atoms with Crippen molar-refractivity contribution in [2.45, 2.75) is 13.3 Å². The maximum atomic E-state index is 12.1. The van der Waals surface area contributed by atoms with Crippen LogP contribution in [0.1, 0.15) is 21.6 Å². The van der Waals surface area contributed by atoms with Crippen molar-refractivity contribution in [3.8, 4) is 5.75 Å². The summed E-state index contributed by atoms with van der Waals surface area (Å²) in [4.78, 5) is 16.4. The maximum Gasteiger partial charge on any atom is 0.168 e. The molecule has 0 aliphatic heterocycles. The van der Waals surface area contributed by atoms with Crippen molar-refractivity contribution >= 4 is 21.7 Å². The van der Waals surface area contributed by atoms with E-state index >= 15 is 0 Å². The van der Waals surface area contributed by atoms with Crippen LogP contribution in [-0.4, -0.2) is 17.9 Å². The van der Waals surface area contributed by atoms with Gasteiger partial charge in [-0.1, -0.05) is 6.07 Å². The molecule has 0 N–H and O–H groups in total. The Morgan fingerprint density at radius 2 is 2.11 bits per heavy atom. The Morgan fingerprint density at radius 1 is 1.32 bits per heavy atom. The fourth-order valence-electron chi connectivity index (χ4n) is 1.71. The lowest BCUT2D eigenvalue weighted by molar-refractivity contribution is 0.0992. The molecule has 2 aromatic rings. The zero-order chi connectivity index (χ0) is 13.8. The van der Waals surface area contributed by atoms with Crippen molar-refractivity contribution < 1.29 is 9.53 Å². The highest BCUT2D eigenvalue weighted by molar-refractivity contribution is 9.10. The average molecular weight is 320 g/mol. The fourth-order valence-corrected chi connectivity index (χ4v) is 2.25. The number of Topliss-reactive ketones (excluding diaryl/α,β-unsaturated/α-hetero) is 1. The number of benzene rings is 1. The first-order valence-corrected chi connectivity index (χ1v) is 6.67. The van der Waals surface area contributed by atoms with Crippen LogP contribution < -0.4 is 4.74 Å². The van der Waals surface area contributed by atoms with Crippen molar-refractivity contribution in [2.24, 2.45) is 0 Å². The van der Waals surface area contributed by atoms with Gasteiger partial charge in [0.15, 0.2) is 5.78 Å². The van der Waals surface area contributed by atoms with Gasteiger partial charge in [0.25, 0.3) is 0 Å². The van der Waals surface area contributed by atoms with E-state index < -0.39 is 0 Å². The van der Waals surface area contributed by atoms with E-state index in [2.05, 4.69) is 20.9 Å². The van der Waals surface area contributed by atoms with Crippen molar-refractivity contribution in [3.05, 3.63) is 57.8 Å². The highest BCUT2D eigenvalue weighted by atomic mass is 79.9. The second-order valence-electron chi connectivity index (χ2n) is 4.28. The molecule has 2 rings (SSSR count). The van der Waals surface area contributed by atoms with Crippen LogP contribution in [0.4, 0.5) is 0 Å². The van der Waals surface area contributed by atoms with E-state index in [4.69, 9.17) is 4.74 Å². The van der Waals surface area contributed by atoms with Crippen molar-refractivity contribution in [1.29, 1.82) is 0 Å². The lowest BCUT2D eigenvalue weighted by Gasteiger charge is -2.06. The number of halogens is 1. The molecule has 0 bridgehead atoms. The summed E-state index contributed by atoms with van der Waals surface area (Å²) in [6.45, 7) is 1.97. The van der Waals surface area contributed by atoms with Crippen LogP contribution in [0.5, 0.6) is 5.75 Å². The predicted octanol–water partition coefficient (Wildman–Crippen LogP) is 3.59. The molecular weight excluding hydrogens is 306 g/mol. The van der Waals surface area contributed by atoms with E-state index in [9.17, 15) is 4.79 Å². The first kappa shape index (κ1) is 13.7. The number of ketones is 1. The van der Waals surface area contributed by atoms with E-state index in [0.29, 0.717) is 17.7 Å². The number of pyridine rings is 1. The zero-order valence-corrected chi connectivity index (χ0v) is 12.4. The molecule has 1 heterocycles. The first-order chi connectivity index (χ1) is 9.10. The van der Waals surface area contributed by atoms with Gasteiger partial charge < -0.3 is 4.74 Å². The number of methoxy groups -OCH3 is 1. The van der Waals surface area contributed by atoms with Crippen LogP contribution in [0.25, 0.3) is 0 Å². The molecule has 0 spiro atoms. The molecule has 19 heavy (non-hydrogen) atoms. The molecule has 1 aromatic heterocycles. The molecule has 0 atom stereocenters. The van der Waals surface area contributed by atoms with Crippen LogP contribution in [-0.2, 0) is 6.42 Å². The summed E-state index contributed by atoms with van der Waals surface area (Å²) in [6.07, 6.45) is 2.08. The van der Waals surface area contributed by atoms with Gasteiger partial charge in [0.2, 0.25) is 0 Å². The minimum absolute atomic E-state index is 0.0414. The van der Waals surface area contributed by atoms with Crippen molar-refractivity contribution in [3.63, 3.8) is 0 Å². The second-order valence-corrected chi connectivity index (χ2v) is 5.13. The number of hydrogen-bond donors (Lipinski definition) is 0. The summed E-state index contributed by atoms with van der Waals surface area (Å²) in [5, 5.41) is 0. The minimum Gasteiger partial charge on any atom is -0.496 e. The Morgan fingerprint density at radius 3 is 2.68 bits per heavy atom. The zero-order valence-electron chi connectivity index (χ0n) is 10.8. The van der Waals surface area contributed by atoms with Gasteiger partial charge >= 0.3 is 0 Å². The molecule has 4 heteroatoms. The number of carbonyl (C=O) groups is 1. The summed E-state index contributed by atoms with van der Waals surface area (Å²) in [5.41, 5.74) is 2.51. The third-order valence-corrected chi connectivity index (χ3v) is 3.41. The molecule has 98 valence electrons. The molecule has 0 saturated heterocycles. The Hall–Kier alpha value is -1.68. The van der Waals surface area contributed by atoms with Crippen LogP contribution in [0.3, 0.4) is 0 Å². The number of aryl methyl sites for hydroxylation is 1. The minimum atomic E-state index is 0.0414. The van der Waals surface area contributed by atoms with Crippen LogP contribution in [0.2, 0.25) is 0 Å². The standard InChI is InChI=1S/C15H14BrNO2/c1-10-3-5-12(17-9-10)8-14(18)11-4-6-15(19-2)13(16)7-11/h3-7,9H,8H2,1-2H3. The normalized spacial score (nSPS) is 10.3. The monoisotopic (exact) mass is 319 g/mol. The Kier molecular flexibility index (Phi) is 4.32. The van der Waals surface area contributed by atoms with Crippen LogP contribution >= 0.6 is 15.9 Å². The van der Waals surface area contributed by atoms with Gasteiger partial charge in [-0.25, -0.2) is 0 Å². The van der Waals surface area contributed by atoms with E-state index in [1.807, 2.05) is 19.1 Å². The highest BCUT2D eigenvalue weighted by Gasteiger charge is 2.10. The van der Waals surface area contributed by atoms with Crippen LogP contribution in [0.15, 0.2) is 41.0 Å². The third-order valence-electron chi connectivity index (χ3n) is 2.79. The number of hydrogen-bond acceptors (Lipinski definition) is 3. The number of ether oxygens (including phenoxy) is 1.